The molecule has 2 rings (SSSR count). The molecule has 13 heavy (non-hydrogen) atoms. The van der Waals surface area contributed by atoms with Crippen molar-refractivity contribution in [3.8, 4) is 5.75 Å². The van der Waals surface area contributed by atoms with Gasteiger partial charge in [0.05, 0.1) is 5.69 Å². The van der Waals surface area contributed by atoms with Crippen molar-refractivity contribution in [3.63, 3.8) is 0 Å². The topological polar surface area (TPSA) is 42.4 Å². The maximum absolute atomic E-state index is 9.63. The minimum absolute atomic E-state index is 0.249. The van der Waals surface area contributed by atoms with Crippen LogP contribution in [-0.4, -0.2) is 16.4 Å². The largest absolute Gasteiger partial charge is 0.463 e. The van der Waals surface area contributed by atoms with Crippen LogP contribution in [0.3, 0.4) is 0 Å². The quantitative estimate of drug-likeness (QED) is 0.654. The first-order valence-corrected chi connectivity index (χ1v) is 4.38. The monoisotopic (exact) mass is 179 g/mol. The zero-order valence-electron chi connectivity index (χ0n) is 7.82. The SMILES string of the molecule is CC1(C)Cc2ncccc2OC1O. The molecule has 3 heteroatoms. The molecule has 1 atom stereocenters. The molecule has 0 saturated carbocycles. The van der Waals surface area contributed by atoms with Gasteiger partial charge in [-0.25, -0.2) is 0 Å². The van der Waals surface area contributed by atoms with Gasteiger partial charge in [-0.3, -0.25) is 4.98 Å². The summed E-state index contributed by atoms with van der Waals surface area (Å²) in [7, 11) is 0. The average Bonchev–Trinajstić information content (AvgIpc) is 2.06. The molecular weight excluding hydrogens is 166 g/mol. The molecule has 0 aromatic carbocycles. The molecule has 1 aliphatic heterocycles. The molecule has 0 amide bonds. The fourth-order valence-electron chi connectivity index (χ4n) is 1.46. The molecule has 3 nitrogen and oxygen atoms in total. The number of aromatic nitrogens is 1. The summed E-state index contributed by atoms with van der Waals surface area (Å²) < 4.78 is 5.34. The lowest BCUT2D eigenvalue weighted by Crippen LogP contribution is -2.40. The lowest BCUT2D eigenvalue weighted by molar-refractivity contribution is -0.113. The highest BCUT2D eigenvalue weighted by Gasteiger charge is 2.35. The van der Waals surface area contributed by atoms with Gasteiger partial charge in [0.25, 0.3) is 0 Å². The Bertz CT molecular complexity index is 322. The lowest BCUT2D eigenvalue weighted by Gasteiger charge is -2.35. The van der Waals surface area contributed by atoms with E-state index >= 15 is 0 Å². The predicted octanol–water partition coefficient (Wildman–Crippen LogP) is 1.36. The molecule has 1 N–H and O–H groups in total. The van der Waals surface area contributed by atoms with Crippen molar-refractivity contribution < 1.29 is 9.84 Å². The molecule has 1 aromatic rings. The highest BCUT2D eigenvalue weighted by atomic mass is 16.6. The molecule has 0 bridgehead atoms. The highest BCUT2D eigenvalue weighted by molar-refractivity contribution is 5.30. The van der Waals surface area contributed by atoms with Crippen LogP contribution in [0, 0.1) is 5.41 Å². The molecule has 0 fully saturated rings. The van der Waals surface area contributed by atoms with Gasteiger partial charge in [0.15, 0.2) is 0 Å². The van der Waals surface area contributed by atoms with Crippen LogP contribution in [0.1, 0.15) is 19.5 Å². The van der Waals surface area contributed by atoms with Crippen LogP contribution in [0.25, 0.3) is 0 Å². The van der Waals surface area contributed by atoms with E-state index in [1.165, 1.54) is 0 Å². The van der Waals surface area contributed by atoms with E-state index < -0.39 is 6.29 Å². The molecule has 70 valence electrons. The summed E-state index contributed by atoms with van der Waals surface area (Å²) in [6, 6.07) is 3.64. The van der Waals surface area contributed by atoms with Gasteiger partial charge in [-0.1, -0.05) is 13.8 Å². The number of rotatable bonds is 0. The first kappa shape index (κ1) is 8.51. The van der Waals surface area contributed by atoms with Crippen molar-refractivity contribution in [1.29, 1.82) is 0 Å². The summed E-state index contributed by atoms with van der Waals surface area (Å²) in [6.45, 7) is 3.94. The standard InChI is InChI=1S/C10H13NO2/c1-10(2)6-7-8(13-9(10)12)4-3-5-11-7/h3-5,9,12H,6H2,1-2H3. The second-order valence-electron chi connectivity index (χ2n) is 4.08. The molecule has 1 aliphatic rings. The van der Waals surface area contributed by atoms with Gasteiger partial charge in [0.1, 0.15) is 5.75 Å². The Kier molecular flexibility index (Phi) is 1.77. The number of nitrogens with zero attached hydrogens (tertiary/aromatic N) is 1. The van der Waals surface area contributed by atoms with Crippen LogP contribution < -0.4 is 4.74 Å². The minimum atomic E-state index is -0.732. The normalized spacial score (nSPS) is 24.7. The van der Waals surface area contributed by atoms with E-state index in [4.69, 9.17) is 4.74 Å². The predicted molar refractivity (Wildman–Crippen MR) is 48.4 cm³/mol. The van der Waals surface area contributed by atoms with E-state index in [1.807, 2.05) is 26.0 Å². The number of aliphatic hydroxyl groups is 1. The third kappa shape index (κ3) is 1.40. The van der Waals surface area contributed by atoms with Gasteiger partial charge >= 0.3 is 0 Å². The Morgan fingerprint density at radius 2 is 2.38 bits per heavy atom. The third-order valence-corrected chi connectivity index (χ3v) is 2.38. The molecule has 0 aliphatic carbocycles. The smallest absolute Gasteiger partial charge is 0.202 e. The van der Waals surface area contributed by atoms with Crippen molar-refractivity contribution in [1.82, 2.24) is 4.98 Å². The summed E-state index contributed by atoms with van der Waals surface area (Å²) in [5, 5.41) is 9.63. The van der Waals surface area contributed by atoms with Crippen molar-refractivity contribution in [2.45, 2.75) is 26.6 Å². The number of hydrogen-bond acceptors (Lipinski definition) is 3. The molecule has 0 saturated heterocycles. The number of hydrogen-bond donors (Lipinski definition) is 1. The maximum atomic E-state index is 9.63. The summed E-state index contributed by atoms with van der Waals surface area (Å²) in [4.78, 5) is 4.21. The van der Waals surface area contributed by atoms with E-state index in [-0.39, 0.29) is 5.41 Å². The van der Waals surface area contributed by atoms with Crippen molar-refractivity contribution in [3.05, 3.63) is 24.0 Å². The van der Waals surface area contributed by atoms with Crippen LogP contribution in [-0.2, 0) is 6.42 Å². The Morgan fingerprint density at radius 3 is 3.15 bits per heavy atom. The van der Waals surface area contributed by atoms with Crippen molar-refractivity contribution in [2.75, 3.05) is 0 Å². The number of aliphatic hydroxyl groups excluding tert-OH is 1. The van der Waals surface area contributed by atoms with Crippen LogP contribution >= 0.6 is 0 Å². The van der Waals surface area contributed by atoms with Gasteiger partial charge in [-0.15, -0.1) is 0 Å². The molecule has 0 radical (unpaired) electrons. The molecule has 1 unspecified atom stereocenters. The summed E-state index contributed by atoms with van der Waals surface area (Å²) in [5.74, 6) is 0.703. The Morgan fingerprint density at radius 1 is 1.62 bits per heavy atom. The Hall–Kier alpha value is -1.09. The van der Waals surface area contributed by atoms with E-state index in [1.54, 1.807) is 6.20 Å². The lowest BCUT2D eigenvalue weighted by atomic mass is 9.85. The maximum Gasteiger partial charge on any atom is 0.202 e. The summed E-state index contributed by atoms with van der Waals surface area (Å²) in [6.07, 6.45) is 1.77. The number of pyridine rings is 1. The summed E-state index contributed by atoms with van der Waals surface area (Å²) in [5.41, 5.74) is 0.680. The first-order chi connectivity index (χ1) is 6.09. The van der Waals surface area contributed by atoms with E-state index in [9.17, 15) is 5.11 Å². The Labute approximate surface area is 77.4 Å². The van der Waals surface area contributed by atoms with Gasteiger partial charge in [-0.2, -0.15) is 0 Å². The zero-order valence-corrected chi connectivity index (χ0v) is 7.82. The molecular formula is C10H13NO2. The second kappa shape index (κ2) is 2.70. The van der Waals surface area contributed by atoms with Gasteiger partial charge in [0, 0.05) is 18.0 Å². The zero-order chi connectivity index (χ0) is 9.47. The van der Waals surface area contributed by atoms with E-state index in [0.717, 1.165) is 12.1 Å². The molecule has 0 spiro atoms. The third-order valence-electron chi connectivity index (χ3n) is 2.38. The van der Waals surface area contributed by atoms with E-state index in [0.29, 0.717) is 5.75 Å². The van der Waals surface area contributed by atoms with Gasteiger partial charge in [-0.05, 0) is 12.1 Å². The minimum Gasteiger partial charge on any atom is -0.463 e. The second-order valence-corrected chi connectivity index (χ2v) is 4.08. The van der Waals surface area contributed by atoms with Crippen LogP contribution in [0.2, 0.25) is 0 Å². The Balaban J connectivity index is 2.39. The fourth-order valence-corrected chi connectivity index (χ4v) is 1.46. The van der Waals surface area contributed by atoms with Crippen LogP contribution in [0.15, 0.2) is 18.3 Å². The number of ether oxygens (including phenoxy) is 1. The molecule has 2 heterocycles. The van der Waals surface area contributed by atoms with Crippen LogP contribution in [0.5, 0.6) is 5.75 Å². The van der Waals surface area contributed by atoms with Gasteiger partial charge < -0.3 is 9.84 Å². The van der Waals surface area contributed by atoms with Crippen molar-refractivity contribution in [2.24, 2.45) is 5.41 Å². The van der Waals surface area contributed by atoms with Crippen molar-refractivity contribution >= 4 is 0 Å². The average molecular weight is 179 g/mol. The summed E-state index contributed by atoms with van der Waals surface area (Å²) >= 11 is 0. The number of fused-ring (bicyclic) bond motifs is 1. The first-order valence-electron chi connectivity index (χ1n) is 4.38. The fraction of sp³-hybridized carbons (Fsp3) is 0.500. The highest BCUT2D eigenvalue weighted by Crippen LogP contribution is 2.35. The van der Waals surface area contributed by atoms with Crippen LogP contribution in [0.4, 0.5) is 0 Å². The van der Waals surface area contributed by atoms with E-state index in [2.05, 4.69) is 4.98 Å². The molecule has 1 aromatic heterocycles. The van der Waals surface area contributed by atoms with Gasteiger partial charge in [0.2, 0.25) is 6.29 Å².